The van der Waals surface area contributed by atoms with Gasteiger partial charge >= 0.3 is 0 Å². The van der Waals surface area contributed by atoms with Crippen molar-refractivity contribution in [3.05, 3.63) is 243 Å². The molecule has 0 N–H and O–H groups in total. The summed E-state index contributed by atoms with van der Waals surface area (Å²) in [6.45, 7) is 0. The third-order valence-electron chi connectivity index (χ3n) is 13.2. The number of nitrogens with zero attached hydrogens (tertiary/aromatic N) is 2. The van der Waals surface area contributed by atoms with Gasteiger partial charge in [-0.2, -0.15) is 0 Å². The van der Waals surface area contributed by atoms with Crippen molar-refractivity contribution < 1.29 is 0 Å². The standard InChI is InChI=1S/C62H40N2S/c1-2-17-43-39-44(32-31-41(43)15-1)49-24-14-29-59(62(49)45-33-38-61-55(40-45)54-23-8-12-30-60(54)65-61)64(56-26-9-5-20-51(56)50-25-13-18-42-16-3-4-19-48(42)50)47-36-34-46(35-37-47)63-57-27-10-6-21-52(57)53-22-7-11-28-58(53)63/h1-40H. The lowest BCUT2D eigenvalue weighted by Crippen LogP contribution is -2.13. The second kappa shape index (κ2) is 15.2. The minimum absolute atomic E-state index is 1.07. The van der Waals surface area contributed by atoms with E-state index in [0.717, 1.165) is 28.3 Å². The van der Waals surface area contributed by atoms with Crippen LogP contribution in [0.5, 0.6) is 0 Å². The normalized spacial score (nSPS) is 11.7. The van der Waals surface area contributed by atoms with Crippen molar-refractivity contribution in [2.75, 3.05) is 4.90 Å². The van der Waals surface area contributed by atoms with E-state index in [-0.39, 0.29) is 0 Å². The summed E-state index contributed by atoms with van der Waals surface area (Å²) in [6, 6.07) is 89.3. The first-order valence-electron chi connectivity index (χ1n) is 22.2. The summed E-state index contributed by atoms with van der Waals surface area (Å²) in [5, 5.41) is 9.97. The number of thiophene rings is 1. The van der Waals surface area contributed by atoms with Crippen LogP contribution in [0.15, 0.2) is 243 Å². The van der Waals surface area contributed by atoms with Crippen molar-refractivity contribution >= 4 is 91.9 Å². The lowest BCUT2D eigenvalue weighted by atomic mass is 9.90. The number of hydrogen-bond acceptors (Lipinski definition) is 2. The van der Waals surface area contributed by atoms with Gasteiger partial charge in [0.05, 0.1) is 22.4 Å². The Labute approximate surface area is 381 Å². The highest BCUT2D eigenvalue weighted by Gasteiger charge is 2.25. The lowest BCUT2D eigenvalue weighted by Gasteiger charge is -2.31. The molecule has 0 aliphatic carbocycles. The van der Waals surface area contributed by atoms with E-state index in [4.69, 9.17) is 0 Å². The number of rotatable bonds is 7. The van der Waals surface area contributed by atoms with Gasteiger partial charge in [0.15, 0.2) is 0 Å². The quantitative estimate of drug-likeness (QED) is 0.155. The summed E-state index contributed by atoms with van der Waals surface area (Å²) in [4.78, 5) is 2.50. The molecule has 2 aromatic heterocycles. The minimum Gasteiger partial charge on any atom is -0.309 e. The fourth-order valence-corrected chi connectivity index (χ4v) is 11.3. The molecule has 0 spiro atoms. The van der Waals surface area contributed by atoms with Gasteiger partial charge in [0.1, 0.15) is 0 Å². The Morgan fingerprint density at radius 3 is 1.71 bits per heavy atom. The molecular weight excluding hydrogens is 805 g/mol. The predicted octanol–water partition coefficient (Wildman–Crippen LogP) is 17.9. The SMILES string of the molecule is c1ccc(N(c2ccc(-n3c4ccccc4c4ccccc43)cc2)c2cccc(-c3ccc4ccccc4c3)c2-c2ccc3sc4ccccc4c3c2)c(-c2cccc3ccccc23)c1. The van der Waals surface area contributed by atoms with Crippen LogP contribution in [0, 0.1) is 0 Å². The molecule has 0 bridgehead atoms. The van der Waals surface area contributed by atoms with E-state index in [1.165, 1.54) is 91.3 Å². The first-order chi connectivity index (χ1) is 32.2. The molecule has 0 amide bonds. The van der Waals surface area contributed by atoms with Gasteiger partial charge in [-0.15, -0.1) is 11.3 Å². The first-order valence-corrected chi connectivity index (χ1v) is 23.1. The van der Waals surface area contributed by atoms with Gasteiger partial charge in [0.25, 0.3) is 0 Å². The predicted molar refractivity (Wildman–Crippen MR) is 280 cm³/mol. The number of para-hydroxylation sites is 3. The molecule has 0 atom stereocenters. The second-order valence-electron chi connectivity index (χ2n) is 16.8. The van der Waals surface area contributed by atoms with E-state index in [1.807, 2.05) is 11.3 Å². The zero-order valence-corrected chi connectivity index (χ0v) is 36.2. The lowest BCUT2D eigenvalue weighted by molar-refractivity contribution is 1.17. The van der Waals surface area contributed by atoms with E-state index >= 15 is 0 Å². The maximum atomic E-state index is 2.50. The van der Waals surface area contributed by atoms with E-state index in [2.05, 4.69) is 252 Å². The molecule has 13 rings (SSSR count). The Balaban J connectivity index is 1.09. The molecule has 0 radical (unpaired) electrons. The number of benzene rings is 11. The largest absolute Gasteiger partial charge is 0.309 e. The summed E-state index contributed by atoms with van der Waals surface area (Å²) in [7, 11) is 0. The van der Waals surface area contributed by atoms with Crippen molar-refractivity contribution in [1.82, 2.24) is 4.57 Å². The molecule has 11 aromatic carbocycles. The average molecular weight is 845 g/mol. The highest BCUT2D eigenvalue weighted by Crippen LogP contribution is 2.50. The van der Waals surface area contributed by atoms with Crippen molar-refractivity contribution in [3.63, 3.8) is 0 Å². The summed E-state index contributed by atoms with van der Waals surface area (Å²) >= 11 is 1.86. The summed E-state index contributed by atoms with van der Waals surface area (Å²) in [6.07, 6.45) is 0. The van der Waals surface area contributed by atoms with Gasteiger partial charge in [0, 0.05) is 53.4 Å². The highest BCUT2D eigenvalue weighted by atomic mass is 32.1. The minimum atomic E-state index is 1.07. The number of anilines is 3. The van der Waals surface area contributed by atoms with Crippen molar-refractivity contribution in [2.24, 2.45) is 0 Å². The molecule has 0 fully saturated rings. The van der Waals surface area contributed by atoms with Crippen LogP contribution in [0.2, 0.25) is 0 Å². The fourth-order valence-electron chi connectivity index (χ4n) is 10.2. The molecule has 65 heavy (non-hydrogen) atoms. The molecule has 0 saturated heterocycles. The van der Waals surface area contributed by atoms with E-state index in [0.29, 0.717) is 0 Å². The summed E-state index contributed by atoms with van der Waals surface area (Å²) in [5.41, 5.74) is 13.9. The van der Waals surface area contributed by atoms with Crippen molar-refractivity contribution in [1.29, 1.82) is 0 Å². The smallest absolute Gasteiger partial charge is 0.0546 e. The van der Waals surface area contributed by atoms with Crippen LogP contribution in [-0.2, 0) is 0 Å². The van der Waals surface area contributed by atoms with Crippen molar-refractivity contribution in [2.45, 2.75) is 0 Å². The van der Waals surface area contributed by atoms with Crippen LogP contribution < -0.4 is 4.90 Å². The van der Waals surface area contributed by atoms with Crippen LogP contribution >= 0.6 is 11.3 Å². The first kappa shape index (κ1) is 37.3. The van der Waals surface area contributed by atoms with Gasteiger partial charge in [-0.05, 0) is 117 Å². The molecule has 3 heteroatoms. The molecule has 0 unspecified atom stereocenters. The van der Waals surface area contributed by atoms with Crippen LogP contribution in [-0.4, -0.2) is 4.57 Å². The van der Waals surface area contributed by atoms with Gasteiger partial charge in [0.2, 0.25) is 0 Å². The molecular formula is C62H40N2S. The van der Waals surface area contributed by atoms with Gasteiger partial charge < -0.3 is 9.47 Å². The van der Waals surface area contributed by atoms with Gasteiger partial charge in [-0.1, -0.05) is 170 Å². The van der Waals surface area contributed by atoms with Crippen LogP contribution in [0.4, 0.5) is 17.1 Å². The van der Waals surface area contributed by atoms with Gasteiger partial charge in [-0.3, -0.25) is 0 Å². The van der Waals surface area contributed by atoms with E-state index in [1.54, 1.807) is 0 Å². The Hall–Kier alpha value is -8.24. The Kier molecular flexibility index (Phi) is 8.75. The monoisotopic (exact) mass is 844 g/mol. The van der Waals surface area contributed by atoms with E-state index in [9.17, 15) is 0 Å². The molecule has 2 nitrogen and oxygen atoms in total. The maximum absolute atomic E-state index is 2.50. The van der Waals surface area contributed by atoms with E-state index < -0.39 is 0 Å². The maximum Gasteiger partial charge on any atom is 0.0546 e. The average Bonchev–Trinajstić information content (AvgIpc) is 3.92. The second-order valence-corrected chi connectivity index (χ2v) is 17.9. The Morgan fingerprint density at radius 2 is 0.892 bits per heavy atom. The molecule has 304 valence electrons. The molecule has 13 aromatic rings. The Morgan fingerprint density at radius 1 is 0.323 bits per heavy atom. The zero-order chi connectivity index (χ0) is 42.8. The molecule has 2 heterocycles. The molecule has 0 aliphatic heterocycles. The van der Waals surface area contributed by atoms with Crippen LogP contribution in [0.3, 0.4) is 0 Å². The highest BCUT2D eigenvalue weighted by molar-refractivity contribution is 7.25. The third kappa shape index (κ3) is 6.16. The van der Waals surface area contributed by atoms with Crippen LogP contribution in [0.25, 0.3) is 103 Å². The summed E-state index contributed by atoms with van der Waals surface area (Å²) < 4.78 is 4.99. The van der Waals surface area contributed by atoms with Gasteiger partial charge in [-0.25, -0.2) is 0 Å². The zero-order valence-electron chi connectivity index (χ0n) is 35.4. The molecule has 0 aliphatic rings. The summed E-state index contributed by atoms with van der Waals surface area (Å²) in [5.74, 6) is 0. The fraction of sp³-hybridized carbons (Fsp3) is 0. The van der Waals surface area contributed by atoms with Crippen molar-refractivity contribution in [3.8, 4) is 39.1 Å². The topological polar surface area (TPSA) is 8.17 Å². The molecule has 0 saturated carbocycles. The van der Waals surface area contributed by atoms with Crippen LogP contribution in [0.1, 0.15) is 0 Å². The number of hydrogen-bond donors (Lipinski definition) is 0. The third-order valence-corrected chi connectivity index (χ3v) is 14.3. The number of aromatic nitrogens is 1. The number of fused-ring (bicyclic) bond motifs is 8. The Bertz CT molecular complexity index is 3910.